The van der Waals surface area contributed by atoms with Gasteiger partial charge in [0.25, 0.3) is 0 Å². The molecule has 2 N–H and O–H groups in total. The summed E-state index contributed by atoms with van der Waals surface area (Å²) in [6.07, 6.45) is 1.88. The largest absolute Gasteiger partial charge is 0.373 e. The van der Waals surface area contributed by atoms with E-state index in [4.69, 9.17) is 4.99 Å². The first-order valence-corrected chi connectivity index (χ1v) is 23.7. The molecule has 12 rings (SSSR count). The standard InChI is InChI=1S/C63H45N3S/c1-6-19-43(20-7-1)54-41-55(44-35-33-42(34-36-44)51-30-18-31-53-52-29-16-17-32-56(52)67-62(51)53)65-63(64-54)50-39-37-47(38-40-50)57-58(45-21-8-2-9-22-45)60(48-25-12-4-13-26-48)66-61(49-27-14-5-15-28-49)59(57)46-23-10-3-11-24-46/h1-41,60,63-64,66H. The molecule has 67 heavy (non-hydrogen) atoms. The lowest BCUT2D eigenvalue weighted by Crippen LogP contribution is -2.27. The third kappa shape index (κ3) is 7.67. The van der Waals surface area contributed by atoms with Crippen LogP contribution in [-0.2, 0) is 0 Å². The van der Waals surface area contributed by atoms with Crippen LogP contribution in [0.25, 0.3) is 59.4 Å². The summed E-state index contributed by atoms with van der Waals surface area (Å²) in [6.45, 7) is 0. The Bertz CT molecular complexity index is 3520. The minimum atomic E-state index is -0.312. The van der Waals surface area contributed by atoms with E-state index < -0.39 is 0 Å². The fourth-order valence-electron chi connectivity index (χ4n) is 9.80. The van der Waals surface area contributed by atoms with Gasteiger partial charge in [-0.05, 0) is 78.9 Å². The molecule has 0 radical (unpaired) electrons. The normalized spacial score (nSPS) is 16.1. The molecule has 2 unspecified atom stereocenters. The number of aliphatic imine (C=N–C) groups is 1. The van der Waals surface area contributed by atoms with Gasteiger partial charge in [-0.2, -0.15) is 0 Å². The number of rotatable bonds is 9. The van der Waals surface area contributed by atoms with Crippen LogP contribution in [-0.4, -0.2) is 5.71 Å². The van der Waals surface area contributed by atoms with E-state index in [1.54, 1.807) is 0 Å². The SMILES string of the molecule is C1=C(c2ccccc2)NC(c2ccc(C3=C(c4ccccc4)C(c4ccccc4)NC(c4ccccc4)=C3c3ccccc3)cc2)N=C1c1ccc(-c2cccc3c2sc2ccccc23)cc1. The zero-order valence-electron chi connectivity index (χ0n) is 36.7. The Kier molecular flexibility index (Phi) is 10.6. The molecule has 1 aromatic heterocycles. The number of nitrogens with zero attached hydrogens (tertiary/aromatic N) is 1. The zero-order valence-corrected chi connectivity index (χ0v) is 37.5. The second-order valence-corrected chi connectivity index (χ2v) is 18.1. The molecule has 0 amide bonds. The number of thiophene rings is 1. The summed E-state index contributed by atoms with van der Waals surface area (Å²) in [6, 6.07) is 87.2. The van der Waals surface area contributed by atoms with Crippen LogP contribution in [0.5, 0.6) is 0 Å². The van der Waals surface area contributed by atoms with Crippen molar-refractivity contribution in [1.82, 2.24) is 10.6 Å². The molecule has 10 aromatic rings. The second-order valence-electron chi connectivity index (χ2n) is 17.1. The molecule has 0 bridgehead atoms. The highest BCUT2D eigenvalue weighted by Crippen LogP contribution is 2.50. The van der Waals surface area contributed by atoms with Crippen LogP contribution in [0.3, 0.4) is 0 Å². The van der Waals surface area contributed by atoms with E-state index in [9.17, 15) is 0 Å². The van der Waals surface area contributed by atoms with Gasteiger partial charge in [0.1, 0.15) is 6.17 Å². The van der Waals surface area contributed by atoms with Crippen molar-refractivity contribution in [3.05, 3.63) is 293 Å². The zero-order chi connectivity index (χ0) is 44.5. The van der Waals surface area contributed by atoms with Gasteiger partial charge >= 0.3 is 0 Å². The first-order valence-electron chi connectivity index (χ1n) is 22.9. The fraction of sp³-hybridized carbons (Fsp3) is 0.0317. The molecule has 2 aliphatic heterocycles. The number of benzene rings is 9. The van der Waals surface area contributed by atoms with Crippen molar-refractivity contribution < 1.29 is 0 Å². The van der Waals surface area contributed by atoms with E-state index in [0.29, 0.717) is 0 Å². The van der Waals surface area contributed by atoms with E-state index in [1.165, 1.54) is 59.1 Å². The smallest absolute Gasteiger partial charge is 0.145 e. The first-order chi connectivity index (χ1) is 33.2. The van der Waals surface area contributed by atoms with Crippen LogP contribution in [0.1, 0.15) is 56.7 Å². The molecule has 2 atom stereocenters. The molecule has 2 aliphatic rings. The van der Waals surface area contributed by atoms with Gasteiger partial charge in [0, 0.05) is 31.4 Å². The van der Waals surface area contributed by atoms with Crippen molar-refractivity contribution in [3.63, 3.8) is 0 Å². The monoisotopic (exact) mass is 875 g/mol. The molecule has 0 saturated carbocycles. The van der Waals surface area contributed by atoms with Gasteiger partial charge in [-0.15, -0.1) is 11.3 Å². The predicted octanol–water partition coefficient (Wildman–Crippen LogP) is 15.7. The minimum absolute atomic E-state index is 0.115. The molecular weight excluding hydrogens is 831 g/mol. The molecule has 0 fully saturated rings. The van der Waals surface area contributed by atoms with Crippen molar-refractivity contribution in [2.45, 2.75) is 12.2 Å². The molecule has 9 aromatic carbocycles. The summed E-state index contributed by atoms with van der Waals surface area (Å²) in [5.74, 6) is 0. The molecule has 318 valence electrons. The Morgan fingerprint density at radius 1 is 0.373 bits per heavy atom. The molecule has 4 heteroatoms. The number of hydrogen-bond donors (Lipinski definition) is 2. The highest BCUT2D eigenvalue weighted by atomic mass is 32.1. The van der Waals surface area contributed by atoms with Crippen LogP contribution < -0.4 is 10.6 Å². The topological polar surface area (TPSA) is 36.4 Å². The second kappa shape index (κ2) is 17.6. The number of hydrogen-bond acceptors (Lipinski definition) is 4. The molecule has 0 saturated heterocycles. The lowest BCUT2D eigenvalue weighted by molar-refractivity contribution is 0.664. The summed E-state index contributed by atoms with van der Waals surface area (Å²) >= 11 is 1.87. The minimum Gasteiger partial charge on any atom is -0.373 e. The maximum Gasteiger partial charge on any atom is 0.145 e. The average molecular weight is 876 g/mol. The van der Waals surface area contributed by atoms with Gasteiger partial charge in [-0.25, -0.2) is 0 Å². The quantitative estimate of drug-likeness (QED) is 0.152. The van der Waals surface area contributed by atoms with Gasteiger partial charge in [0.2, 0.25) is 0 Å². The van der Waals surface area contributed by atoms with Gasteiger partial charge in [0.05, 0.1) is 17.5 Å². The number of fused-ring (bicyclic) bond motifs is 3. The summed E-state index contributed by atoms with van der Waals surface area (Å²) < 4.78 is 2.63. The van der Waals surface area contributed by atoms with Crippen LogP contribution in [0.2, 0.25) is 0 Å². The maximum absolute atomic E-state index is 5.45. The average Bonchev–Trinajstić information content (AvgIpc) is 3.81. The summed E-state index contributed by atoms with van der Waals surface area (Å²) in [5, 5.41) is 10.5. The van der Waals surface area contributed by atoms with E-state index in [2.05, 4.69) is 259 Å². The van der Waals surface area contributed by atoms with E-state index in [1.807, 2.05) is 11.3 Å². The predicted molar refractivity (Wildman–Crippen MR) is 283 cm³/mol. The summed E-state index contributed by atoms with van der Waals surface area (Å²) in [4.78, 5) is 5.45. The third-order valence-corrected chi connectivity index (χ3v) is 14.2. The summed E-state index contributed by atoms with van der Waals surface area (Å²) in [5.41, 5.74) is 18.2. The Hall–Kier alpha value is -8.31. The van der Waals surface area contributed by atoms with E-state index in [0.717, 1.165) is 50.5 Å². The highest BCUT2D eigenvalue weighted by Gasteiger charge is 2.33. The Balaban J connectivity index is 0.979. The molecule has 0 aliphatic carbocycles. The molecule has 0 spiro atoms. The van der Waals surface area contributed by atoms with Gasteiger partial charge in [-0.1, -0.05) is 237 Å². The number of allylic oxidation sites excluding steroid dienone is 3. The van der Waals surface area contributed by atoms with Crippen LogP contribution >= 0.6 is 11.3 Å². The van der Waals surface area contributed by atoms with Crippen LogP contribution in [0.4, 0.5) is 0 Å². The molecule has 3 heterocycles. The van der Waals surface area contributed by atoms with Crippen molar-refractivity contribution in [2.75, 3.05) is 0 Å². The van der Waals surface area contributed by atoms with E-state index in [-0.39, 0.29) is 12.2 Å². The third-order valence-electron chi connectivity index (χ3n) is 13.0. The van der Waals surface area contributed by atoms with Crippen LogP contribution in [0.15, 0.2) is 254 Å². The Morgan fingerprint density at radius 3 is 1.60 bits per heavy atom. The number of dihydropyridines is 1. The van der Waals surface area contributed by atoms with Crippen molar-refractivity contribution in [1.29, 1.82) is 0 Å². The Morgan fingerprint density at radius 2 is 0.910 bits per heavy atom. The molecule has 3 nitrogen and oxygen atoms in total. The van der Waals surface area contributed by atoms with Crippen molar-refractivity contribution in [2.24, 2.45) is 4.99 Å². The van der Waals surface area contributed by atoms with Crippen molar-refractivity contribution in [3.8, 4) is 11.1 Å². The first kappa shape index (κ1) is 40.2. The lowest BCUT2D eigenvalue weighted by Gasteiger charge is -2.36. The number of nitrogens with one attached hydrogen (secondary N) is 2. The van der Waals surface area contributed by atoms with Gasteiger partial charge < -0.3 is 10.6 Å². The van der Waals surface area contributed by atoms with E-state index >= 15 is 0 Å². The summed E-state index contributed by atoms with van der Waals surface area (Å²) in [7, 11) is 0. The van der Waals surface area contributed by atoms with Crippen LogP contribution in [0, 0.1) is 0 Å². The van der Waals surface area contributed by atoms with Gasteiger partial charge in [0.15, 0.2) is 0 Å². The van der Waals surface area contributed by atoms with Crippen molar-refractivity contribution >= 4 is 65.3 Å². The fourth-order valence-corrected chi connectivity index (χ4v) is 11.0. The molecular formula is C63H45N3S. The Labute approximate surface area is 395 Å². The lowest BCUT2D eigenvalue weighted by atomic mass is 9.77. The highest BCUT2D eigenvalue weighted by molar-refractivity contribution is 7.26. The maximum atomic E-state index is 5.45. The van der Waals surface area contributed by atoms with Gasteiger partial charge in [-0.3, -0.25) is 4.99 Å².